The number of rotatable bonds is 1. The van der Waals surface area contributed by atoms with Gasteiger partial charge in [-0.2, -0.15) is 5.26 Å². The third-order valence-electron chi connectivity index (χ3n) is 2.63. The van der Waals surface area contributed by atoms with Gasteiger partial charge in [0.05, 0.1) is 11.9 Å². The average Bonchev–Trinajstić information content (AvgIpc) is 2.64. The van der Waals surface area contributed by atoms with E-state index >= 15 is 0 Å². The maximum atomic E-state index is 8.74. The second kappa shape index (κ2) is 3.82. The summed E-state index contributed by atoms with van der Waals surface area (Å²) in [6, 6.07) is 6.27. The van der Waals surface area contributed by atoms with E-state index in [2.05, 4.69) is 42.9 Å². The molecular formula is C13H13N3. The summed E-state index contributed by atoms with van der Waals surface area (Å²) in [6.45, 7) is 6.22. The Bertz CT molecular complexity index is 550. The fraction of sp³-hybridized carbons (Fsp3) is 0.231. The Balaban J connectivity index is 2.60. The molecule has 0 spiro atoms. The predicted molar refractivity (Wildman–Crippen MR) is 62.9 cm³/mol. The SMILES string of the molecule is Cc1cc(C)c(-c2cnc(C#N)[nH]2)c(C)c1. The molecule has 80 valence electrons. The Labute approximate surface area is 94.8 Å². The molecule has 0 aliphatic carbocycles. The molecule has 0 atom stereocenters. The highest BCUT2D eigenvalue weighted by Crippen LogP contribution is 2.26. The van der Waals surface area contributed by atoms with Crippen molar-refractivity contribution >= 4 is 0 Å². The van der Waals surface area contributed by atoms with E-state index in [1.54, 1.807) is 6.20 Å². The molecule has 2 aromatic rings. The molecule has 1 heterocycles. The van der Waals surface area contributed by atoms with E-state index in [0.29, 0.717) is 5.82 Å². The highest BCUT2D eigenvalue weighted by atomic mass is 14.9. The molecule has 1 aromatic heterocycles. The fourth-order valence-corrected chi connectivity index (χ4v) is 2.11. The van der Waals surface area contributed by atoms with Gasteiger partial charge in [-0.15, -0.1) is 0 Å². The first-order valence-electron chi connectivity index (χ1n) is 5.15. The van der Waals surface area contributed by atoms with Crippen LogP contribution < -0.4 is 0 Å². The third-order valence-corrected chi connectivity index (χ3v) is 2.63. The van der Waals surface area contributed by atoms with Crippen LogP contribution in [-0.2, 0) is 0 Å². The summed E-state index contributed by atoms with van der Waals surface area (Å²) in [6.07, 6.45) is 1.71. The topological polar surface area (TPSA) is 52.5 Å². The molecule has 3 nitrogen and oxygen atoms in total. The van der Waals surface area contributed by atoms with Crippen LogP contribution in [0.4, 0.5) is 0 Å². The Kier molecular flexibility index (Phi) is 2.49. The van der Waals surface area contributed by atoms with Crippen molar-refractivity contribution in [3.63, 3.8) is 0 Å². The normalized spacial score (nSPS) is 10.1. The van der Waals surface area contributed by atoms with Gasteiger partial charge in [0.1, 0.15) is 6.07 Å². The van der Waals surface area contributed by atoms with Crippen LogP contribution in [-0.4, -0.2) is 9.97 Å². The summed E-state index contributed by atoms with van der Waals surface area (Å²) in [5.74, 6) is 0.356. The summed E-state index contributed by atoms with van der Waals surface area (Å²) >= 11 is 0. The molecule has 2 rings (SSSR count). The highest BCUT2D eigenvalue weighted by Gasteiger charge is 2.09. The Hall–Kier alpha value is -2.08. The summed E-state index contributed by atoms with van der Waals surface area (Å²) < 4.78 is 0. The van der Waals surface area contributed by atoms with Crippen molar-refractivity contribution in [2.75, 3.05) is 0 Å². The Morgan fingerprint density at radius 1 is 1.19 bits per heavy atom. The van der Waals surface area contributed by atoms with Crippen LogP contribution in [0.5, 0.6) is 0 Å². The number of benzene rings is 1. The zero-order chi connectivity index (χ0) is 11.7. The van der Waals surface area contributed by atoms with Crippen LogP contribution in [0.15, 0.2) is 18.3 Å². The van der Waals surface area contributed by atoms with E-state index in [1.165, 1.54) is 16.7 Å². The van der Waals surface area contributed by atoms with Gasteiger partial charge in [-0.25, -0.2) is 4.98 Å². The molecule has 16 heavy (non-hydrogen) atoms. The van der Waals surface area contributed by atoms with E-state index in [1.807, 2.05) is 6.07 Å². The smallest absolute Gasteiger partial charge is 0.210 e. The third kappa shape index (κ3) is 1.70. The summed E-state index contributed by atoms with van der Waals surface area (Å²) in [7, 11) is 0. The van der Waals surface area contributed by atoms with Gasteiger partial charge in [-0.1, -0.05) is 17.7 Å². The van der Waals surface area contributed by atoms with Crippen LogP contribution in [0.1, 0.15) is 22.5 Å². The van der Waals surface area contributed by atoms with Crippen LogP contribution in [0.3, 0.4) is 0 Å². The lowest BCUT2D eigenvalue weighted by Crippen LogP contribution is -1.90. The van der Waals surface area contributed by atoms with Gasteiger partial charge >= 0.3 is 0 Å². The quantitative estimate of drug-likeness (QED) is 0.788. The number of imidazole rings is 1. The molecular weight excluding hydrogens is 198 g/mol. The van der Waals surface area contributed by atoms with Crippen molar-refractivity contribution in [3.8, 4) is 17.3 Å². The lowest BCUT2D eigenvalue weighted by atomic mass is 9.98. The Morgan fingerprint density at radius 3 is 2.31 bits per heavy atom. The molecule has 0 bridgehead atoms. The van der Waals surface area contributed by atoms with E-state index in [-0.39, 0.29) is 0 Å². The molecule has 1 N–H and O–H groups in total. The number of nitrogens with zero attached hydrogens (tertiary/aromatic N) is 2. The minimum absolute atomic E-state index is 0.356. The molecule has 0 amide bonds. The largest absolute Gasteiger partial charge is 0.329 e. The first kappa shape index (κ1) is 10.4. The second-order valence-corrected chi connectivity index (χ2v) is 4.03. The van der Waals surface area contributed by atoms with Crippen LogP contribution in [0.25, 0.3) is 11.3 Å². The number of hydrogen-bond acceptors (Lipinski definition) is 2. The molecule has 0 unspecified atom stereocenters. The van der Waals surface area contributed by atoms with Gasteiger partial charge in [-0.05, 0) is 31.9 Å². The van der Waals surface area contributed by atoms with Gasteiger partial charge in [0.15, 0.2) is 0 Å². The number of aromatic nitrogens is 2. The molecule has 3 heteroatoms. The average molecular weight is 211 g/mol. The van der Waals surface area contributed by atoms with Crippen molar-refractivity contribution in [3.05, 3.63) is 40.8 Å². The number of H-pyrrole nitrogens is 1. The molecule has 0 aliphatic heterocycles. The molecule has 0 saturated heterocycles. The molecule has 0 aliphatic rings. The van der Waals surface area contributed by atoms with Gasteiger partial charge < -0.3 is 4.98 Å². The van der Waals surface area contributed by atoms with E-state index in [9.17, 15) is 0 Å². The van der Waals surface area contributed by atoms with Crippen LogP contribution >= 0.6 is 0 Å². The van der Waals surface area contributed by atoms with Crippen molar-refractivity contribution in [2.45, 2.75) is 20.8 Å². The molecule has 0 saturated carbocycles. The van der Waals surface area contributed by atoms with E-state index < -0.39 is 0 Å². The van der Waals surface area contributed by atoms with Crippen LogP contribution in [0.2, 0.25) is 0 Å². The van der Waals surface area contributed by atoms with E-state index in [0.717, 1.165) is 11.3 Å². The molecule has 1 aromatic carbocycles. The van der Waals surface area contributed by atoms with Gasteiger partial charge in [-0.3, -0.25) is 0 Å². The monoisotopic (exact) mass is 211 g/mol. The van der Waals surface area contributed by atoms with Crippen molar-refractivity contribution in [2.24, 2.45) is 0 Å². The summed E-state index contributed by atoms with van der Waals surface area (Å²) in [4.78, 5) is 7.01. The minimum Gasteiger partial charge on any atom is -0.329 e. The van der Waals surface area contributed by atoms with Gasteiger partial charge in [0, 0.05) is 5.56 Å². The first-order valence-corrected chi connectivity index (χ1v) is 5.15. The predicted octanol–water partition coefficient (Wildman–Crippen LogP) is 2.87. The number of aromatic amines is 1. The second-order valence-electron chi connectivity index (χ2n) is 4.03. The maximum Gasteiger partial charge on any atom is 0.210 e. The molecule has 0 fully saturated rings. The van der Waals surface area contributed by atoms with Crippen LogP contribution in [0, 0.1) is 32.1 Å². The maximum absolute atomic E-state index is 8.74. The first-order chi connectivity index (χ1) is 7.61. The van der Waals surface area contributed by atoms with Gasteiger partial charge in [0.2, 0.25) is 5.82 Å². The summed E-state index contributed by atoms with van der Waals surface area (Å²) in [5, 5.41) is 8.74. The number of nitrogens with one attached hydrogen (secondary N) is 1. The fourth-order valence-electron chi connectivity index (χ4n) is 2.11. The Morgan fingerprint density at radius 2 is 1.81 bits per heavy atom. The highest BCUT2D eigenvalue weighted by molar-refractivity contribution is 5.68. The number of nitriles is 1. The van der Waals surface area contributed by atoms with E-state index in [4.69, 9.17) is 5.26 Å². The zero-order valence-electron chi connectivity index (χ0n) is 9.63. The van der Waals surface area contributed by atoms with Crippen molar-refractivity contribution < 1.29 is 0 Å². The lowest BCUT2D eigenvalue weighted by molar-refractivity contribution is 1.22. The number of aryl methyl sites for hydroxylation is 3. The standard InChI is InChI=1S/C13H13N3/c1-8-4-9(2)13(10(3)5-8)11-7-15-12(6-14)16-11/h4-5,7H,1-3H3,(H,15,16). The van der Waals surface area contributed by atoms with Crippen molar-refractivity contribution in [1.29, 1.82) is 5.26 Å². The van der Waals surface area contributed by atoms with Gasteiger partial charge in [0.25, 0.3) is 0 Å². The molecule has 0 radical (unpaired) electrons. The minimum atomic E-state index is 0.356. The van der Waals surface area contributed by atoms with Crippen molar-refractivity contribution in [1.82, 2.24) is 9.97 Å². The number of hydrogen-bond donors (Lipinski definition) is 1. The zero-order valence-corrected chi connectivity index (χ0v) is 9.63. The summed E-state index contributed by atoms with van der Waals surface area (Å²) in [5.41, 5.74) is 5.70. The lowest BCUT2D eigenvalue weighted by Gasteiger charge is -2.08.